The number of aromatic hydroxyl groups is 1. The first-order chi connectivity index (χ1) is 25.0. The molecule has 2 amide bonds. The van der Waals surface area contributed by atoms with Gasteiger partial charge in [0.25, 0.3) is 11.8 Å². The Bertz CT molecular complexity index is 2330. The van der Waals surface area contributed by atoms with E-state index in [0.717, 1.165) is 11.1 Å². The number of nitriles is 1. The Balaban J connectivity index is 0.000000204. The Morgan fingerprint density at radius 3 is 1.49 bits per heavy atom. The summed E-state index contributed by atoms with van der Waals surface area (Å²) in [7, 11) is 0. The summed E-state index contributed by atoms with van der Waals surface area (Å²) >= 11 is 0. The van der Waals surface area contributed by atoms with Gasteiger partial charge in [0.05, 0.1) is 34.3 Å². The fourth-order valence-corrected chi connectivity index (χ4v) is 5.62. The minimum atomic E-state index is -0.194. The standard InChI is InChI=1S/C22H22N4O.C21H23N3O2/c1-14-19(10-17-9-16(11-23)13-24-20(17)26-14)21(27)25-12-15-5-7-18(8-6-15)22(2,3)4;1-13-18(10-15-9-17(25)12-22-19(15)24-13)20(26)23-11-14-5-7-16(8-6-14)21(2,3)4/h5-10,13H,12H2,1-4H3,(H,25,27);5-10,12,25H,11H2,1-4H3,(H,23,26). The molecule has 270 valence electrons. The molecule has 0 radical (unpaired) electrons. The fraction of sp³-hybridized carbons (Fsp3) is 0.279. The van der Waals surface area contributed by atoms with Gasteiger partial charge in [-0.3, -0.25) is 9.59 Å². The second-order valence-corrected chi connectivity index (χ2v) is 15.1. The third-order valence-corrected chi connectivity index (χ3v) is 8.87. The van der Waals surface area contributed by atoms with Crippen LogP contribution in [0.4, 0.5) is 0 Å². The van der Waals surface area contributed by atoms with E-state index < -0.39 is 0 Å². The number of benzene rings is 2. The Morgan fingerprint density at radius 1 is 0.660 bits per heavy atom. The zero-order valence-electron chi connectivity index (χ0n) is 31.5. The summed E-state index contributed by atoms with van der Waals surface area (Å²) in [4.78, 5) is 42.2. The number of hydrogen-bond donors (Lipinski definition) is 3. The molecule has 4 heterocycles. The summed E-state index contributed by atoms with van der Waals surface area (Å²) < 4.78 is 0. The number of nitrogens with one attached hydrogen (secondary N) is 2. The van der Waals surface area contributed by atoms with Crippen LogP contribution in [0.25, 0.3) is 22.1 Å². The van der Waals surface area contributed by atoms with Crippen LogP contribution in [-0.4, -0.2) is 36.9 Å². The molecule has 3 N–H and O–H groups in total. The van der Waals surface area contributed by atoms with E-state index in [1.807, 2.05) is 24.3 Å². The van der Waals surface area contributed by atoms with E-state index in [9.17, 15) is 14.7 Å². The van der Waals surface area contributed by atoms with Crippen LogP contribution < -0.4 is 10.6 Å². The lowest BCUT2D eigenvalue weighted by molar-refractivity contribution is 0.0942. The molecule has 0 bridgehead atoms. The maximum atomic E-state index is 12.6. The molecule has 0 fully saturated rings. The number of rotatable bonds is 6. The van der Waals surface area contributed by atoms with Crippen LogP contribution in [0.3, 0.4) is 0 Å². The molecule has 53 heavy (non-hydrogen) atoms. The summed E-state index contributed by atoms with van der Waals surface area (Å²) in [5, 5.41) is 25.8. The van der Waals surface area contributed by atoms with Crippen molar-refractivity contribution in [3.63, 3.8) is 0 Å². The monoisotopic (exact) mass is 707 g/mol. The molecular weight excluding hydrogens is 663 g/mol. The minimum Gasteiger partial charge on any atom is -0.506 e. The molecule has 0 aliphatic carbocycles. The predicted octanol–water partition coefficient (Wildman–Crippen LogP) is 7.91. The third-order valence-electron chi connectivity index (χ3n) is 8.87. The first kappa shape index (κ1) is 38.0. The lowest BCUT2D eigenvalue weighted by Gasteiger charge is -2.19. The van der Waals surface area contributed by atoms with Gasteiger partial charge in [-0.15, -0.1) is 0 Å². The lowest BCUT2D eigenvalue weighted by atomic mass is 9.87. The molecule has 0 saturated heterocycles. The van der Waals surface area contributed by atoms with Crippen molar-refractivity contribution in [1.29, 1.82) is 5.26 Å². The van der Waals surface area contributed by atoms with Gasteiger partial charge in [0.15, 0.2) is 11.3 Å². The minimum absolute atomic E-state index is 0.0495. The van der Waals surface area contributed by atoms with Crippen LogP contribution in [0, 0.1) is 25.2 Å². The number of amides is 2. The Hall–Kier alpha value is -6.21. The van der Waals surface area contributed by atoms with Gasteiger partial charge in [-0.1, -0.05) is 90.1 Å². The SMILES string of the molecule is Cc1nc2ncc(C#N)cc2cc1C(=O)NCc1ccc(C(C)(C)C)cc1.Cc1nc2ncc(O)cc2cc1C(=O)NCc1ccc(C(C)(C)C)cc1. The second-order valence-electron chi connectivity index (χ2n) is 15.1. The van der Waals surface area contributed by atoms with Crippen molar-refractivity contribution in [2.45, 2.75) is 79.3 Å². The summed E-state index contributed by atoms with van der Waals surface area (Å²) in [6, 6.07) is 25.3. The zero-order chi connectivity index (χ0) is 38.5. The predicted molar refractivity (Wildman–Crippen MR) is 208 cm³/mol. The van der Waals surface area contributed by atoms with Crippen molar-refractivity contribution in [3.05, 3.63) is 136 Å². The summed E-state index contributed by atoms with van der Waals surface area (Å²) in [6.07, 6.45) is 2.82. The first-order valence-corrected chi connectivity index (χ1v) is 17.4. The summed E-state index contributed by atoms with van der Waals surface area (Å²) in [5.74, 6) is -0.335. The highest BCUT2D eigenvalue weighted by molar-refractivity contribution is 5.99. The normalized spacial score (nSPS) is 11.4. The van der Waals surface area contributed by atoms with Crippen molar-refractivity contribution in [1.82, 2.24) is 30.6 Å². The third kappa shape index (κ3) is 9.57. The molecule has 0 aliphatic heterocycles. The highest BCUT2D eigenvalue weighted by Crippen LogP contribution is 2.24. The quantitative estimate of drug-likeness (QED) is 0.158. The number of aryl methyl sites for hydroxylation is 2. The molecule has 10 heteroatoms. The highest BCUT2D eigenvalue weighted by Gasteiger charge is 2.16. The van der Waals surface area contributed by atoms with Gasteiger partial charge in [0.1, 0.15) is 11.8 Å². The van der Waals surface area contributed by atoms with Gasteiger partial charge in [-0.05, 0) is 71.2 Å². The number of pyridine rings is 4. The molecule has 6 aromatic rings. The molecule has 2 aromatic carbocycles. The van der Waals surface area contributed by atoms with E-state index in [1.54, 1.807) is 38.1 Å². The van der Waals surface area contributed by atoms with Crippen LogP contribution >= 0.6 is 0 Å². The van der Waals surface area contributed by atoms with Crippen molar-refractivity contribution in [3.8, 4) is 11.8 Å². The molecule has 4 aromatic heterocycles. The summed E-state index contributed by atoms with van der Waals surface area (Å²) in [5.41, 5.74) is 8.48. The largest absolute Gasteiger partial charge is 0.506 e. The number of fused-ring (bicyclic) bond motifs is 2. The molecule has 0 atom stereocenters. The first-order valence-electron chi connectivity index (χ1n) is 17.4. The van der Waals surface area contributed by atoms with E-state index in [2.05, 4.69) is 102 Å². The average Bonchev–Trinajstić information content (AvgIpc) is 3.12. The molecule has 0 aliphatic rings. The maximum absolute atomic E-state index is 12.6. The maximum Gasteiger partial charge on any atom is 0.253 e. The van der Waals surface area contributed by atoms with Crippen molar-refractivity contribution < 1.29 is 14.7 Å². The van der Waals surface area contributed by atoms with Gasteiger partial charge in [-0.25, -0.2) is 19.9 Å². The van der Waals surface area contributed by atoms with Gasteiger partial charge < -0.3 is 15.7 Å². The van der Waals surface area contributed by atoms with Crippen molar-refractivity contribution >= 4 is 33.9 Å². The topological polar surface area (TPSA) is 154 Å². The number of aromatic nitrogens is 4. The second kappa shape index (κ2) is 15.6. The van der Waals surface area contributed by atoms with Crippen LogP contribution in [0.2, 0.25) is 0 Å². The Kier molecular flexibility index (Phi) is 11.2. The van der Waals surface area contributed by atoms with E-state index in [1.165, 1.54) is 23.5 Å². The Morgan fingerprint density at radius 2 is 1.08 bits per heavy atom. The number of carbonyl (C=O) groups is 2. The fourth-order valence-electron chi connectivity index (χ4n) is 5.62. The van der Waals surface area contributed by atoms with E-state index in [4.69, 9.17) is 5.26 Å². The van der Waals surface area contributed by atoms with Gasteiger partial charge >= 0.3 is 0 Å². The van der Waals surface area contributed by atoms with Crippen molar-refractivity contribution in [2.75, 3.05) is 0 Å². The molecule has 0 unspecified atom stereocenters. The van der Waals surface area contributed by atoms with Crippen LogP contribution in [0.15, 0.2) is 85.2 Å². The van der Waals surface area contributed by atoms with Crippen LogP contribution in [-0.2, 0) is 23.9 Å². The zero-order valence-corrected chi connectivity index (χ0v) is 31.5. The molecular formula is C43H45N7O3. The van der Waals surface area contributed by atoms with E-state index in [-0.39, 0.29) is 28.4 Å². The average molecular weight is 708 g/mol. The van der Waals surface area contributed by atoms with Gasteiger partial charge in [0.2, 0.25) is 0 Å². The van der Waals surface area contributed by atoms with Gasteiger partial charge in [0, 0.05) is 30.1 Å². The molecule has 10 nitrogen and oxygen atoms in total. The van der Waals surface area contributed by atoms with Crippen LogP contribution in [0.5, 0.6) is 5.75 Å². The van der Waals surface area contributed by atoms with E-state index in [0.29, 0.717) is 63.2 Å². The number of carbonyl (C=O) groups excluding carboxylic acids is 2. The van der Waals surface area contributed by atoms with Crippen LogP contribution in [0.1, 0.15) is 101 Å². The number of nitrogens with zero attached hydrogens (tertiary/aromatic N) is 5. The molecule has 0 saturated carbocycles. The number of hydrogen-bond acceptors (Lipinski definition) is 8. The molecule has 0 spiro atoms. The highest BCUT2D eigenvalue weighted by atomic mass is 16.3. The molecule has 6 rings (SSSR count). The summed E-state index contributed by atoms with van der Waals surface area (Å²) in [6.45, 7) is 17.5. The Labute approximate surface area is 310 Å². The smallest absolute Gasteiger partial charge is 0.253 e. The van der Waals surface area contributed by atoms with Crippen molar-refractivity contribution in [2.24, 2.45) is 0 Å². The lowest BCUT2D eigenvalue weighted by Crippen LogP contribution is -2.24. The van der Waals surface area contributed by atoms with Gasteiger partial charge in [-0.2, -0.15) is 5.26 Å². The van der Waals surface area contributed by atoms with E-state index >= 15 is 0 Å².